The molecule has 0 saturated heterocycles. The molecule has 6 heteroatoms. The molecule has 0 unspecified atom stereocenters. The predicted molar refractivity (Wildman–Crippen MR) is 89.5 cm³/mol. The maximum absolute atomic E-state index is 12.3. The van der Waals surface area contributed by atoms with Crippen molar-refractivity contribution in [2.75, 3.05) is 7.05 Å². The first-order chi connectivity index (χ1) is 10.2. The summed E-state index contributed by atoms with van der Waals surface area (Å²) in [6.07, 6.45) is 0.387. The highest BCUT2D eigenvalue weighted by Crippen LogP contribution is 2.27. The van der Waals surface area contributed by atoms with E-state index in [1.807, 2.05) is 29.6 Å². The Morgan fingerprint density at radius 1 is 1.32 bits per heavy atom. The van der Waals surface area contributed by atoms with Crippen LogP contribution in [-0.2, 0) is 16.0 Å². The van der Waals surface area contributed by atoms with Crippen LogP contribution in [0.1, 0.15) is 19.4 Å². The van der Waals surface area contributed by atoms with Gasteiger partial charge in [-0.25, -0.2) is 0 Å². The van der Waals surface area contributed by atoms with Gasteiger partial charge in [0.1, 0.15) is 6.04 Å². The summed E-state index contributed by atoms with van der Waals surface area (Å²) in [7, 11) is 1.57. The summed E-state index contributed by atoms with van der Waals surface area (Å²) in [5, 5.41) is 3.10. The fourth-order valence-electron chi connectivity index (χ4n) is 2.42. The lowest BCUT2D eigenvalue weighted by Gasteiger charge is -2.31. The highest BCUT2D eigenvalue weighted by Gasteiger charge is 2.33. The molecule has 0 bridgehead atoms. The Morgan fingerprint density at radius 3 is 2.55 bits per heavy atom. The molecule has 0 fully saturated rings. The Kier molecular flexibility index (Phi) is 4.53. The van der Waals surface area contributed by atoms with Crippen molar-refractivity contribution < 1.29 is 9.59 Å². The molecule has 5 nitrogen and oxygen atoms in total. The number of primary amides is 1. The molecule has 4 N–H and O–H groups in total. The Labute approximate surface area is 133 Å². The maximum Gasteiger partial charge on any atom is 0.242 e. The quantitative estimate of drug-likeness (QED) is 0.875. The van der Waals surface area contributed by atoms with Crippen LogP contribution in [-0.4, -0.2) is 35.3 Å². The molecule has 1 heterocycles. The highest BCUT2D eigenvalue weighted by molar-refractivity contribution is 7.17. The molecular formula is C16H21N3O2S. The van der Waals surface area contributed by atoms with Gasteiger partial charge in [0.15, 0.2) is 0 Å². The molecule has 118 valence electrons. The van der Waals surface area contributed by atoms with Gasteiger partial charge in [-0.2, -0.15) is 0 Å². The van der Waals surface area contributed by atoms with Gasteiger partial charge in [-0.05, 0) is 36.2 Å². The van der Waals surface area contributed by atoms with Gasteiger partial charge in [0, 0.05) is 18.2 Å². The van der Waals surface area contributed by atoms with E-state index >= 15 is 0 Å². The number of benzene rings is 1. The molecule has 1 aromatic carbocycles. The second-order valence-corrected chi connectivity index (χ2v) is 6.93. The van der Waals surface area contributed by atoms with Gasteiger partial charge in [0.25, 0.3) is 0 Å². The summed E-state index contributed by atoms with van der Waals surface area (Å²) in [6.45, 7) is 3.23. The number of carbonyl (C=O) groups is 2. The zero-order valence-corrected chi connectivity index (χ0v) is 13.8. The molecule has 0 aliphatic heterocycles. The number of rotatable bonds is 5. The molecule has 2 aromatic rings. The fourth-order valence-corrected chi connectivity index (χ4v) is 3.40. The normalized spacial score (nSPS) is 13.1. The minimum atomic E-state index is -1.04. The average molecular weight is 319 g/mol. The molecule has 2 amide bonds. The van der Waals surface area contributed by atoms with Crippen LogP contribution >= 0.6 is 11.3 Å². The molecule has 1 atom stereocenters. The van der Waals surface area contributed by atoms with Crippen molar-refractivity contribution in [2.45, 2.75) is 31.8 Å². The summed E-state index contributed by atoms with van der Waals surface area (Å²) in [5.41, 5.74) is 11.3. The van der Waals surface area contributed by atoms with Gasteiger partial charge < -0.3 is 16.4 Å². The molecule has 0 saturated carbocycles. The van der Waals surface area contributed by atoms with E-state index in [0.717, 1.165) is 15.6 Å². The lowest BCUT2D eigenvalue weighted by molar-refractivity contribution is -0.141. The van der Waals surface area contributed by atoms with Crippen LogP contribution in [0.5, 0.6) is 0 Å². The van der Waals surface area contributed by atoms with E-state index in [1.54, 1.807) is 32.2 Å². The van der Waals surface area contributed by atoms with Gasteiger partial charge in [-0.1, -0.05) is 18.2 Å². The van der Waals surface area contributed by atoms with Crippen LogP contribution in [0.4, 0.5) is 0 Å². The first kappa shape index (κ1) is 16.5. The van der Waals surface area contributed by atoms with Crippen LogP contribution in [0.3, 0.4) is 0 Å². The lowest BCUT2D eigenvalue weighted by Crippen LogP contribution is -2.56. The Balaban J connectivity index is 2.30. The summed E-state index contributed by atoms with van der Waals surface area (Å²) >= 11 is 1.61. The van der Waals surface area contributed by atoms with E-state index in [1.165, 1.54) is 4.90 Å². The minimum absolute atomic E-state index is 0.309. The smallest absolute Gasteiger partial charge is 0.242 e. The molecule has 0 spiro atoms. The van der Waals surface area contributed by atoms with Crippen LogP contribution in [0, 0.1) is 0 Å². The van der Waals surface area contributed by atoms with Crippen molar-refractivity contribution in [3.05, 3.63) is 35.2 Å². The second kappa shape index (κ2) is 6.06. The summed E-state index contributed by atoms with van der Waals surface area (Å²) in [4.78, 5) is 25.5. The monoisotopic (exact) mass is 319 g/mol. The standard InChI is InChI=1S/C16H21N3O2S/c1-16(2,18)15(21)19(3)12(14(17)20)8-10-9-22-13-7-5-4-6-11(10)13/h4-7,9,12H,8,18H2,1-3H3,(H2,17,20)/t12-/m1/s1. The van der Waals surface area contributed by atoms with Crippen LogP contribution in [0.25, 0.3) is 10.1 Å². The lowest BCUT2D eigenvalue weighted by atomic mass is 10.00. The van der Waals surface area contributed by atoms with Crippen molar-refractivity contribution in [1.29, 1.82) is 0 Å². The third-order valence-electron chi connectivity index (χ3n) is 3.64. The van der Waals surface area contributed by atoms with Crippen LogP contribution in [0.2, 0.25) is 0 Å². The number of hydrogen-bond acceptors (Lipinski definition) is 4. The third-order valence-corrected chi connectivity index (χ3v) is 4.65. The number of fused-ring (bicyclic) bond motifs is 1. The molecule has 0 aliphatic carbocycles. The maximum atomic E-state index is 12.3. The zero-order chi connectivity index (χ0) is 16.5. The van der Waals surface area contributed by atoms with Crippen molar-refractivity contribution in [2.24, 2.45) is 11.5 Å². The van der Waals surface area contributed by atoms with Crippen LogP contribution in [0.15, 0.2) is 29.6 Å². The summed E-state index contributed by atoms with van der Waals surface area (Å²) in [6, 6.07) is 7.25. The molecule has 0 aliphatic rings. The minimum Gasteiger partial charge on any atom is -0.368 e. The molecule has 2 rings (SSSR count). The van der Waals surface area contributed by atoms with Gasteiger partial charge in [-0.3, -0.25) is 9.59 Å². The molecular weight excluding hydrogens is 298 g/mol. The van der Waals surface area contributed by atoms with Crippen molar-refractivity contribution in [3.8, 4) is 0 Å². The average Bonchev–Trinajstić information content (AvgIpc) is 2.85. The summed E-state index contributed by atoms with van der Waals surface area (Å²) < 4.78 is 1.15. The number of nitrogens with zero attached hydrogens (tertiary/aromatic N) is 1. The first-order valence-electron chi connectivity index (χ1n) is 7.02. The van der Waals surface area contributed by atoms with E-state index in [0.29, 0.717) is 6.42 Å². The van der Waals surface area contributed by atoms with Crippen molar-refractivity contribution in [1.82, 2.24) is 4.90 Å². The molecule has 22 heavy (non-hydrogen) atoms. The number of amides is 2. The van der Waals surface area contributed by atoms with E-state index in [4.69, 9.17) is 11.5 Å². The molecule has 1 aromatic heterocycles. The topological polar surface area (TPSA) is 89.4 Å². The predicted octanol–water partition coefficient (Wildman–Crippen LogP) is 1.49. The van der Waals surface area contributed by atoms with Crippen molar-refractivity contribution >= 4 is 33.2 Å². The second-order valence-electron chi connectivity index (χ2n) is 6.02. The Hall–Kier alpha value is -1.92. The van der Waals surface area contributed by atoms with Crippen LogP contribution < -0.4 is 11.5 Å². The number of nitrogens with two attached hydrogens (primary N) is 2. The highest BCUT2D eigenvalue weighted by atomic mass is 32.1. The van der Waals surface area contributed by atoms with Gasteiger partial charge >= 0.3 is 0 Å². The number of hydrogen-bond donors (Lipinski definition) is 2. The third kappa shape index (κ3) is 3.28. The number of likely N-dealkylation sites (N-methyl/N-ethyl adjacent to an activating group) is 1. The van der Waals surface area contributed by atoms with E-state index in [9.17, 15) is 9.59 Å². The molecule has 0 radical (unpaired) electrons. The largest absolute Gasteiger partial charge is 0.368 e. The van der Waals surface area contributed by atoms with Gasteiger partial charge in [0.2, 0.25) is 11.8 Å². The van der Waals surface area contributed by atoms with Gasteiger partial charge in [0.05, 0.1) is 5.54 Å². The Morgan fingerprint density at radius 2 is 1.95 bits per heavy atom. The zero-order valence-electron chi connectivity index (χ0n) is 13.0. The summed E-state index contributed by atoms with van der Waals surface area (Å²) in [5.74, 6) is -0.841. The van der Waals surface area contributed by atoms with E-state index < -0.39 is 17.5 Å². The fraction of sp³-hybridized carbons (Fsp3) is 0.375. The number of thiophene rings is 1. The number of carbonyl (C=O) groups excluding carboxylic acids is 2. The SMILES string of the molecule is CN(C(=O)C(C)(C)N)[C@H](Cc1csc2ccccc12)C(N)=O. The first-order valence-corrected chi connectivity index (χ1v) is 7.90. The Bertz CT molecular complexity index is 703. The van der Waals surface area contributed by atoms with Crippen molar-refractivity contribution in [3.63, 3.8) is 0 Å². The van der Waals surface area contributed by atoms with Gasteiger partial charge in [-0.15, -0.1) is 11.3 Å². The van der Waals surface area contributed by atoms with E-state index in [2.05, 4.69) is 0 Å². The van der Waals surface area contributed by atoms with E-state index in [-0.39, 0.29) is 5.91 Å².